The Balaban J connectivity index is 2.74. The molecule has 17 heavy (non-hydrogen) atoms. The molecule has 0 bridgehead atoms. The van der Waals surface area contributed by atoms with Gasteiger partial charge >= 0.3 is 0 Å². The number of aryl methyl sites for hydroxylation is 1. The Hall–Kier alpha value is -1.09. The van der Waals surface area contributed by atoms with Crippen LogP contribution in [0.15, 0.2) is 18.2 Å². The van der Waals surface area contributed by atoms with Gasteiger partial charge in [-0.1, -0.05) is 26.8 Å². The number of likely N-dealkylation sites (N-methyl/N-ethyl adjacent to an activating group) is 1. The molecule has 1 aromatic carbocycles. The van der Waals surface area contributed by atoms with Gasteiger partial charge in [-0.05, 0) is 31.0 Å². The summed E-state index contributed by atoms with van der Waals surface area (Å²) in [6, 6.07) is 4.66. The van der Waals surface area contributed by atoms with E-state index < -0.39 is 0 Å². The lowest BCUT2D eigenvalue weighted by Gasteiger charge is -2.23. The summed E-state index contributed by atoms with van der Waals surface area (Å²) in [5, 5.41) is 3.27. The smallest absolute Gasteiger partial charge is 0.126 e. The van der Waals surface area contributed by atoms with Crippen LogP contribution in [0.2, 0.25) is 0 Å². The molecule has 0 saturated carbocycles. The second-order valence-corrected chi connectivity index (χ2v) is 4.62. The maximum atomic E-state index is 13.2. The molecule has 0 aromatic heterocycles. The highest BCUT2D eigenvalue weighted by Crippen LogP contribution is 2.21. The van der Waals surface area contributed by atoms with Crippen molar-refractivity contribution in [1.82, 2.24) is 5.32 Å². The van der Waals surface area contributed by atoms with E-state index >= 15 is 0 Å². The van der Waals surface area contributed by atoms with Crippen LogP contribution in [-0.2, 0) is 0 Å². The molecule has 0 spiro atoms. The van der Waals surface area contributed by atoms with E-state index in [1.807, 2.05) is 6.92 Å². The normalized spacial score (nSPS) is 12.8. The van der Waals surface area contributed by atoms with Crippen LogP contribution < -0.4 is 10.1 Å². The molecule has 1 aromatic rings. The molecule has 0 saturated heterocycles. The van der Waals surface area contributed by atoms with E-state index in [-0.39, 0.29) is 11.9 Å². The van der Waals surface area contributed by atoms with Crippen LogP contribution in [0.4, 0.5) is 4.39 Å². The fraction of sp³-hybridized carbons (Fsp3) is 0.571. The Bertz CT molecular complexity index is 352. The summed E-state index contributed by atoms with van der Waals surface area (Å²) in [6.07, 6.45) is 0.0652. The van der Waals surface area contributed by atoms with Crippen LogP contribution >= 0.6 is 0 Å². The highest BCUT2D eigenvalue weighted by molar-refractivity contribution is 5.32. The van der Waals surface area contributed by atoms with Crippen LogP contribution in [0.25, 0.3) is 0 Å². The molecule has 1 unspecified atom stereocenters. The molecule has 2 nitrogen and oxygen atoms in total. The molecule has 1 rings (SSSR count). The number of hydrogen-bond acceptors (Lipinski definition) is 2. The topological polar surface area (TPSA) is 21.3 Å². The summed E-state index contributed by atoms with van der Waals surface area (Å²) < 4.78 is 19.0. The van der Waals surface area contributed by atoms with E-state index in [0.717, 1.165) is 18.7 Å². The summed E-state index contributed by atoms with van der Waals surface area (Å²) in [6.45, 7) is 9.90. The second-order valence-electron chi connectivity index (χ2n) is 4.62. The SMILES string of the molecule is CCNCC(Oc1cc(F)ccc1C)C(C)C. The third kappa shape index (κ3) is 4.35. The number of ether oxygens (including phenoxy) is 1. The van der Waals surface area contributed by atoms with Crippen molar-refractivity contribution < 1.29 is 9.13 Å². The molecular formula is C14H22FNO. The Morgan fingerprint density at radius 1 is 1.35 bits per heavy atom. The van der Waals surface area contributed by atoms with Crippen molar-refractivity contribution in [2.75, 3.05) is 13.1 Å². The van der Waals surface area contributed by atoms with E-state index in [0.29, 0.717) is 11.7 Å². The minimum atomic E-state index is -0.253. The molecule has 0 aliphatic heterocycles. The Morgan fingerprint density at radius 2 is 2.06 bits per heavy atom. The van der Waals surface area contributed by atoms with Crippen molar-refractivity contribution in [2.45, 2.75) is 33.8 Å². The quantitative estimate of drug-likeness (QED) is 0.823. The maximum absolute atomic E-state index is 13.2. The molecule has 3 heteroatoms. The van der Waals surface area contributed by atoms with Crippen LogP contribution in [0, 0.1) is 18.7 Å². The molecule has 1 atom stereocenters. The van der Waals surface area contributed by atoms with Crippen molar-refractivity contribution >= 4 is 0 Å². The fourth-order valence-corrected chi connectivity index (χ4v) is 1.56. The maximum Gasteiger partial charge on any atom is 0.126 e. The zero-order chi connectivity index (χ0) is 12.8. The summed E-state index contributed by atoms with van der Waals surface area (Å²) in [5.41, 5.74) is 0.966. The van der Waals surface area contributed by atoms with E-state index in [2.05, 4.69) is 26.1 Å². The van der Waals surface area contributed by atoms with Crippen LogP contribution in [-0.4, -0.2) is 19.2 Å². The van der Waals surface area contributed by atoms with E-state index in [1.165, 1.54) is 12.1 Å². The first-order chi connectivity index (χ1) is 8.04. The summed E-state index contributed by atoms with van der Waals surface area (Å²) in [7, 11) is 0. The largest absolute Gasteiger partial charge is 0.488 e. The first-order valence-corrected chi connectivity index (χ1v) is 6.18. The standard InChI is InChI=1S/C14H22FNO/c1-5-16-9-14(10(2)3)17-13-8-12(15)7-6-11(13)4/h6-8,10,14,16H,5,9H2,1-4H3. The lowest BCUT2D eigenvalue weighted by atomic mass is 10.1. The van der Waals surface area contributed by atoms with Gasteiger partial charge in [-0.25, -0.2) is 4.39 Å². The third-order valence-corrected chi connectivity index (χ3v) is 2.77. The molecule has 0 fully saturated rings. The van der Waals surface area contributed by atoms with Crippen LogP contribution in [0.5, 0.6) is 5.75 Å². The fourth-order valence-electron chi connectivity index (χ4n) is 1.56. The average Bonchev–Trinajstić information content (AvgIpc) is 2.28. The molecule has 0 aliphatic rings. The Labute approximate surface area is 103 Å². The lowest BCUT2D eigenvalue weighted by molar-refractivity contribution is 0.148. The molecule has 0 amide bonds. The lowest BCUT2D eigenvalue weighted by Crippen LogP contribution is -2.35. The van der Waals surface area contributed by atoms with Gasteiger partial charge in [-0.15, -0.1) is 0 Å². The highest BCUT2D eigenvalue weighted by Gasteiger charge is 2.15. The number of hydrogen-bond donors (Lipinski definition) is 1. The van der Waals surface area contributed by atoms with Crippen molar-refractivity contribution in [3.8, 4) is 5.75 Å². The van der Waals surface area contributed by atoms with E-state index in [4.69, 9.17) is 4.74 Å². The highest BCUT2D eigenvalue weighted by atomic mass is 19.1. The first-order valence-electron chi connectivity index (χ1n) is 6.18. The van der Waals surface area contributed by atoms with Crippen molar-refractivity contribution in [2.24, 2.45) is 5.92 Å². The van der Waals surface area contributed by atoms with Crippen LogP contribution in [0.1, 0.15) is 26.3 Å². The van der Waals surface area contributed by atoms with Crippen molar-refractivity contribution in [3.63, 3.8) is 0 Å². The zero-order valence-corrected chi connectivity index (χ0v) is 11.1. The Morgan fingerprint density at radius 3 is 2.65 bits per heavy atom. The van der Waals surface area contributed by atoms with Gasteiger partial charge in [0, 0.05) is 12.6 Å². The Kier molecular flexibility index (Phi) is 5.42. The zero-order valence-electron chi connectivity index (χ0n) is 11.1. The van der Waals surface area contributed by atoms with Gasteiger partial charge in [0.2, 0.25) is 0 Å². The summed E-state index contributed by atoms with van der Waals surface area (Å²) >= 11 is 0. The molecule has 96 valence electrons. The average molecular weight is 239 g/mol. The predicted molar refractivity (Wildman–Crippen MR) is 68.9 cm³/mol. The number of rotatable bonds is 6. The molecule has 0 aliphatic carbocycles. The van der Waals surface area contributed by atoms with Crippen molar-refractivity contribution in [1.29, 1.82) is 0 Å². The first kappa shape index (κ1) is 14.0. The molecular weight excluding hydrogens is 217 g/mol. The van der Waals surface area contributed by atoms with Gasteiger partial charge in [0.25, 0.3) is 0 Å². The van der Waals surface area contributed by atoms with E-state index in [1.54, 1.807) is 6.07 Å². The minimum absolute atomic E-state index is 0.0652. The number of halogens is 1. The molecule has 1 N–H and O–H groups in total. The third-order valence-electron chi connectivity index (χ3n) is 2.77. The number of benzene rings is 1. The van der Waals surface area contributed by atoms with Gasteiger partial charge in [-0.2, -0.15) is 0 Å². The van der Waals surface area contributed by atoms with Gasteiger partial charge in [-0.3, -0.25) is 0 Å². The molecule has 0 radical (unpaired) electrons. The summed E-state index contributed by atoms with van der Waals surface area (Å²) in [4.78, 5) is 0. The van der Waals surface area contributed by atoms with Gasteiger partial charge < -0.3 is 10.1 Å². The van der Waals surface area contributed by atoms with Gasteiger partial charge in [0.15, 0.2) is 0 Å². The predicted octanol–water partition coefficient (Wildman–Crippen LogP) is 3.15. The monoisotopic (exact) mass is 239 g/mol. The minimum Gasteiger partial charge on any atom is -0.488 e. The van der Waals surface area contributed by atoms with Crippen LogP contribution in [0.3, 0.4) is 0 Å². The van der Waals surface area contributed by atoms with Gasteiger partial charge in [0.1, 0.15) is 17.7 Å². The second kappa shape index (κ2) is 6.60. The van der Waals surface area contributed by atoms with Crippen molar-refractivity contribution in [3.05, 3.63) is 29.6 Å². The number of nitrogens with one attached hydrogen (secondary N) is 1. The van der Waals surface area contributed by atoms with E-state index in [9.17, 15) is 4.39 Å². The summed E-state index contributed by atoms with van der Waals surface area (Å²) in [5.74, 6) is 0.773. The molecule has 0 heterocycles. The van der Waals surface area contributed by atoms with Gasteiger partial charge in [0.05, 0.1) is 0 Å².